The van der Waals surface area contributed by atoms with Crippen LogP contribution < -0.4 is 4.90 Å². The van der Waals surface area contributed by atoms with Crippen molar-refractivity contribution in [3.05, 3.63) is 0 Å². The maximum Gasteiger partial charge on any atom is 0.127 e. The van der Waals surface area contributed by atoms with E-state index >= 15 is 0 Å². The highest BCUT2D eigenvalue weighted by molar-refractivity contribution is 4.67. The molecule has 38 valence electrons. The smallest absolute Gasteiger partial charge is 0.127 e. The van der Waals surface area contributed by atoms with Gasteiger partial charge in [0.1, 0.15) is 13.1 Å². The molecule has 1 rings (SSSR count). The molecule has 1 saturated heterocycles. The SMILES string of the molecule is N#CCC[NH+]1CC1. The molecule has 7 heavy (non-hydrogen) atoms. The highest BCUT2D eigenvalue weighted by atomic mass is 15.2. The number of quaternary nitrogens is 1. The molecule has 0 radical (unpaired) electrons. The molecular weight excluding hydrogens is 88.1 g/mol. The fourth-order valence-electron chi connectivity index (χ4n) is 0.571. The fourth-order valence-corrected chi connectivity index (χ4v) is 0.571. The Morgan fingerprint density at radius 3 is 2.71 bits per heavy atom. The molecule has 0 bridgehead atoms. The van der Waals surface area contributed by atoms with E-state index < -0.39 is 0 Å². The molecule has 0 saturated carbocycles. The van der Waals surface area contributed by atoms with E-state index in [-0.39, 0.29) is 0 Å². The zero-order valence-electron chi connectivity index (χ0n) is 4.28. The second-order valence-corrected chi connectivity index (χ2v) is 1.91. The minimum Gasteiger partial charge on any atom is -0.325 e. The Balaban J connectivity index is 1.91. The lowest BCUT2D eigenvalue weighted by molar-refractivity contribution is -0.757. The average molecular weight is 97.1 g/mol. The minimum absolute atomic E-state index is 0.731. The van der Waals surface area contributed by atoms with Crippen molar-refractivity contribution in [1.82, 2.24) is 0 Å². The molecule has 0 aromatic carbocycles. The number of nitriles is 1. The molecule has 0 spiro atoms. The summed E-state index contributed by atoms with van der Waals surface area (Å²) in [5, 5.41) is 8.08. The van der Waals surface area contributed by atoms with Gasteiger partial charge in [-0.05, 0) is 0 Å². The van der Waals surface area contributed by atoms with E-state index in [4.69, 9.17) is 5.26 Å². The van der Waals surface area contributed by atoms with E-state index in [0.717, 1.165) is 13.0 Å². The van der Waals surface area contributed by atoms with Gasteiger partial charge < -0.3 is 4.90 Å². The van der Waals surface area contributed by atoms with Gasteiger partial charge in [0.2, 0.25) is 0 Å². The maximum atomic E-state index is 8.08. The zero-order valence-corrected chi connectivity index (χ0v) is 4.28. The van der Waals surface area contributed by atoms with Gasteiger partial charge in [0.25, 0.3) is 0 Å². The van der Waals surface area contributed by atoms with Crippen molar-refractivity contribution in [2.75, 3.05) is 19.6 Å². The predicted molar refractivity (Wildman–Crippen MR) is 25.8 cm³/mol. The van der Waals surface area contributed by atoms with Crippen LogP contribution >= 0.6 is 0 Å². The zero-order chi connectivity index (χ0) is 5.11. The highest BCUT2D eigenvalue weighted by Crippen LogP contribution is 1.69. The van der Waals surface area contributed by atoms with Crippen molar-refractivity contribution in [3.63, 3.8) is 0 Å². The third-order valence-corrected chi connectivity index (χ3v) is 1.19. The maximum absolute atomic E-state index is 8.08. The van der Waals surface area contributed by atoms with E-state index in [1.54, 1.807) is 4.90 Å². The van der Waals surface area contributed by atoms with E-state index in [1.165, 1.54) is 13.1 Å². The van der Waals surface area contributed by atoms with Gasteiger partial charge in [-0.3, -0.25) is 0 Å². The predicted octanol–water partition coefficient (Wildman–Crippen LogP) is -1.20. The van der Waals surface area contributed by atoms with Gasteiger partial charge in [0.15, 0.2) is 0 Å². The second-order valence-electron chi connectivity index (χ2n) is 1.91. The van der Waals surface area contributed by atoms with Crippen LogP contribution in [0.15, 0.2) is 0 Å². The molecular formula is C5H9N2+. The van der Waals surface area contributed by atoms with Crippen LogP contribution in [0, 0.1) is 11.3 Å². The van der Waals surface area contributed by atoms with Crippen LogP contribution in [-0.4, -0.2) is 19.6 Å². The summed E-state index contributed by atoms with van der Waals surface area (Å²) in [6, 6.07) is 2.12. The molecule has 1 aliphatic rings. The molecule has 0 amide bonds. The third kappa shape index (κ3) is 1.56. The largest absolute Gasteiger partial charge is 0.325 e. The molecule has 0 unspecified atom stereocenters. The average Bonchev–Trinajstić information content (AvgIpc) is 2.42. The first kappa shape index (κ1) is 4.61. The topological polar surface area (TPSA) is 28.2 Å². The molecule has 1 aliphatic heterocycles. The van der Waals surface area contributed by atoms with Crippen LogP contribution in [0.25, 0.3) is 0 Å². The lowest BCUT2D eigenvalue weighted by Crippen LogP contribution is -2.92. The Bertz CT molecular complexity index is 88.7. The fraction of sp³-hybridized carbons (Fsp3) is 0.800. The molecule has 0 aromatic rings. The van der Waals surface area contributed by atoms with Gasteiger partial charge in [0, 0.05) is 0 Å². The Morgan fingerprint density at radius 1 is 1.57 bits per heavy atom. The Hall–Kier alpha value is -0.550. The number of rotatable bonds is 2. The van der Waals surface area contributed by atoms with Gasteiger partial charge >= 0.3 is 0 Å². The van der Waals surface area contributed by atoms with Gasteiger partial charge in [0.05, 0.1) is 19.0 Å². The summed E-state index contributed by atoms with van der Waals surface area (Å²) in [7, 11) is 0. The molecule has 1 N–H and O–H groups in total. The first-order valence-corrected chi connectivity index (χ1v) is 2.64. The Kier molecular flexibility index (Phi) is 1.28. The van der Waals surface area contributed by atoms with Crippen LogP contribution in [0.2, 0.25) is 0 Å². The van der Waals surface area contributed by atoms with Gasteiger partial charge in [-0.2, -0.15) is 5.26 Å². The monoisotopic (exact) mass is 97.1 g/mol. The van der Waals surface area contributed by atoms with E-state index in [0.29, 0.717) is 0 Å². The number of nitrogens with zero attached hydrogens (tertiary/aromatic N) is 1. The van der Waals surface area contributed by atoms with Crippen molar-refractivity contribution in [3.8, 4) is 6.07 Å². The van der Waals surface area contributed by atoms with Crippen LogP contribution in [-0.2, 0) is 0 Å². The first-order valence-electron chi connectivity index (χ1n) is 2.64. The molecule has 0 aromatic heterocycles. The summed E-state index contributed by atoms with van der Waals surface area (Å²) in [6.45, 7) is 3.65. The molecule has 1 heterocycles. The van der Waals surface area contributed by atoms with Crippen LogP contribution in [0.5, 0.6) is 0 Å². The molecule has 2 heteroatoms. The van der Waals surface area contributed by atoms with Crippen molar-refractivity contribution in [1.29, 1.82) is 5.26 Å². The Labute approximate surface area is 43.3 Å². The first-order chi connectivity index (χ1) is 3.43. The van der Waals surface area contributed by atoms with Crippen LogP contribution in [0.4, 0.5) is 0 Å². The van der Waals surface area contributed by atoms with Gasteiger partial charge in [-0.15, -0.1) is 0 Å². The highest BCUT2D eigenvalue weighted by Gasteiger charge is 2.21. The van der Waals surface area contributed by atoms with E-state index in [9.17, 15) is 0 Å². The van der Waals surface area contributed by atoms with Crippen LogP contribution in [0.3, 0.4) is 0 Å². The summed E-state index contributed by atoms with van der Waals surface area (Å²) < 4.78 is 0. The molecule has 0 atom stereocenters. The van der Waals surface area contributed by atoms with Crippen molar-refractivity contribution >= 4 is 0 Å². The summed E-state index contributed by atoms with van der Waals surface area (Å²) in [5.41, 5.74) is 0. The van der Waals surface area contributed by atoms with Crippen molar-refractivity contribution < 1.29 is 4.90 Å². The summed E-state index contributed by atoms with van der Waals surface area (Å²) in [5.74, 6) is 0. The molecule has 1 fully saturated rings. The summed E-state index contributed by atoms with van der Waals surface area (Å²) in [4.78, 5) is 1.58. The number of hydrogen-bond donors (Lipinski definition) is 1. The normalized spacial score (nSPS) is 18.7. The molecule has 0 aliphatic carbocycles. The Morgan fingerprint density at radius 2 is 2.29 bits per heavy atom. The number of nitrogens with one attached hydrogen (secondary N) is 1. The van der Waals surface area contributed by atoms with E-state index in [1.807, 2.05) is 0 Å². The second kappa shape index (κ2) is 1.94. The van der Waals surface area contributed by atoms with Crippen molar-refractivity contribution in [2.24, 2.45) is 0 Å². The van der Waals surface area contributed by atoms with Crippen molar-refractivity contribution in [2.45, 2.75) is 6.42 Å². The quantitative estimate of drug-likeness (QED) is 0.431. The third-order valence-electron chi connectivity index (χ3n) is 1.19. The lowest BCUT2D eigenvalue weighted by atomic mass is 10.5. The summed E-state index contributed by atoms with van der Waals surface area (Å²) in [6.07, 6.45) is 0.731. The lowest BCUT2D eigenvalue weighted by Gasteiger charge is -1.84. The minimum atomic E-state index is 0.731. The van der Waals surface area contributed by atoms with E-state index in [2.05, 4.69) is 6.07 Å². The van der Waals surface area contributed by atoms with Gasteiger partial charge in [-0.1, -0.05) is 0 Å². The molecule has 2 nitrogen and oxygen atoms in total. The van der Waals surface area contributed by atoms with Gasteiger partial charge in [-0.25, -0.2) is 0 Å². The summed E-state index contributed by atoms with van der Waals surface area (Å²) >= 11 is 0. The standard InChI is InChI=1S/C5H8N2/c6-2-1-3-7-4-5-7/h1,3-5H2/p+1. The van der Waals surface area contributed by atoms with Crippen LogP contribution in [0.1, 0.15) is 6.42 Å². The number of hydrogen-bond acceptors (Lipinski definition) is 1.